The van der Waals surface area contributed by atoms with E-state index in [0.717, 1.165) is 55.4 Å². The van der Waals surface area contributed by atoms with Crippen LogP contribution in [-0.2, 0) is 10.8 Å². The molecule has 84 heavy (non-hydrogen) atoms. The van der Waals surface area contributed by atoms with Gasteiger partial charge in [-0.3, -0.25) is 0 Å². The molecule has 1 atom stereocenters. The Morgan fingerprint density at radius 1 is 0.417 bits per heavy atom. The van der Waals surface area contributed by atoms with Gasteiger partial charge in [-0.1, -0.05) is 237 Å². The van der Waals surface area contributed by atoms with Crippen molar-refractivity contribution in [2.75, 3.05) is 4.90 Å². The van der Waals surface area contributed by atoms with Crippen LogP contribution in [0.1, 0.15) is 57.0 Å². The van der Waals surface area contributed by atoms with Crippen molar-refractivity contribution in [1.82, 2.24) is 4.57 Å². The van der Waals surface area contributed by atoms with Gasteiger partial charge in [0.2, 0.25) is 0 Å². The first kappa shape index (κ1) is 47.0. The molecule has 1 aliphatic heterocycles. The van der Waals surface area contributed by atoms with Gasteiger partial charge in [0.1, 0.15) is 11.0 Å². The molecule has 12 aromatic carbocycles. The molecule has 392 valence electrons. The second-order valence-electron chi connectivity index (χ2n) is 23.0. The summed E-state index contributed by atoms with van der Waals surface area (Å²) in [5.74, 6) is 0. The molecular weight excluding hydrogens is 1020 g/mol. The number of rotatable bonds is 6. The maximum absolute atomic E-state index is 6.57. The number of benzene rings is 12. The van der Waals surface area contributed by atoms with E-state index in [1.165, 1.54) is 111 Å². The van der Waals surface area contributed by atoms with Gasteiger partial charge in [-0.25, -0.2) is 0 Å². The number of aromatic nitrogens is 1. The minimum Gasteiger partial charge on any atom is -0.455 e. The fourth-order valence-electron chi connectivity index (χ4n) is 15.9. The number of nitrogens with zero attached hydrogens (tertiary/aromatic N) is 2. The van der Waals surface area contributed by atoms with Crippen LogP contribution in [0.15, 0.2) is 290 Å². The van der Waals surface area contributed by atoms with Crippen molar-refractivity contribution in [2.24, 2.45) is 0 Å². The van der Waals surface area contributed by atoms with Crippen molar-refractivity contribution >= 4 is 62.0 Å². The van der Waals surface area contributed by atoms with Gasteiger partial charge < -0.3 is 13.9 Å². The lowest BCUT2D eigenvalue weighted by molar-refractivity contribution is 0.573. The Morgan fingerprint density at radius 3 is 1.61 bits per heavy atom. The van der Waals surface area contributed by atoms with Gasteiger partial charge in [-0.05, 0) is 156 Å². The molecule has 2 aromatic heterocycles. The Morgan fingerprint density at radius 2 is 0.917 bits per heavy atom. The van der Waals surface area contributed by atoms with Gasteiger partial charge >= 0.3 is 0 Å². The van der Waals surface area contributed by atoms with Crippen molar-refractivity contribution < 1.29 is 4.42 Å². The summed E-state index contributed by atoms with van der Waals surface area (Å²) >= 11 is 0. The SMILES string of the molecule is C=c1/c(=C(\C=C/C)c2ccc(N(c3ccc(-c4cccc5c4-c4ccccc4C54c5ccccc5-n5c6ccccc6c6cccc4c65)cc3)c3ccc4c(c3)C3(c5ccccc5-c5ccccc53)c3ccccc3-4)cc2)oc2ccccc12. The van der Waals surface area contributed by atoms with Crippen LogP contribution in [0.2, 0.25) is 0 Å². The second-order valence-corrected chi connectivity index (χ2v) is 23.0. The van der Waals surface area contributed by atoms with Crippen LogP contribution in [0.4, 0.5) is 17.1 Å². The summed E-state index contributed by atoms with van der Waals surface area (Å²) in [5, 5.41) is 4.47. The Labute approximate surface area is 486 Å². The Balaban J connectivity index is 0.831. The van der Waals surface area contributed by atoms with Gasteiger partial charge in [0.05, 0.1) is 27.6 Å². The Hall–Kier alpha value is -10.7. The van der Waals surface area contributed by atoms with Gasteiger partial charge in [-0.15, -0.1) is 0 Å². The molecule has 2 spiro atoms. The summed E-state index contributed by atoms with van der Waals surface area (Å²) < 4.78 is 9.09. The lowest BCUT2D eigenvalue weighted by atomic mass is 9.65. The molecule has 0 radical (unpaired) electrons. The predicted molar refractivity (Wildman–Crippen MR) is 346 cm³/mol. The summed E-state index contributed by atoms with van der Waals surface area (Å²) in [5.41, 5.74) is 30.1. The van der Waals surface area contributed by atoms with E-state index in [2.05, 4.69) is 290 Å². The highest BCUT2D eigenvalue weighted by Gasteiger charge is 2.53. The molecule has 18 rings (SSSR count). The van der Waals surface area contributed by atoms with Crippen molar-refractivity contribution in [2.45, 2.75) is 17.8 Å². The summed E-state index contributed by atoms with van der Waals surface area (Å²) in [4.78, 5) is 2.44. The fraction of sp³-hybridized carbons (Fsp3) is 0.0370. The van der Waals surface area contributed by atoms with E-state index in [-0.39, 0.29) is 0 Å². The second kappa shape index (κ2) is 17.4. The maximum Gasteiger partial charge on any atom is 0.142 e. The molecular formula is C81H52N2O. The van der Waals surface area contributed by atoms with Crippen molar-refractivity contribution in [3.8, 4) is 50.2 Å². The van der Waals surface area contributed by atoms with Gasteiger partial charge in [0, 0.05) is 44.0 Å². The number of allylic oxidation sites excluding steroid dienone is 2. The third-order valence-electron chi connectivity index (χ3n) is 19.1. The third-order valence-corrected chi connectivity index (χ3v) is 19.1. The van der Waals surface area contributed by atoms with E-state index in [0.29, 0.717) is 0 Å². The van der Waals surface area contributed by atoms with Crippen LogP contribution in [0.25, 0.3) is 95.1 Å². The van der Waals surface area contributed by atoms with Crippen LogP contribution < -0.4 is 15.5 Å². The number of para-hydroxylation sites is 4. The highest BCUT2D eigenvalue weighted by Crippen LogP contribution is 2.65. The average Bonchev–Trinajstić information content (AvgIpc) is 1.75. The van der Waals surface area contributed by atoms with Crippen molar-refractivity contribution in [3.63, 3.8) is 0 Å². The molecule has 0 N–H and O–H groups in total. The number of fused-ring (bicyclic) bond motifs is 23. The smallest absolute Gasteiger partial charge is 0.142 e. The molecule has 4 aliphatic rings. The minimum absolute atomic E-state index is 0.494. The molecule has 0 amide bonds. The van der Waals surface area contributed by atoms with Gasteiger partial charge in [0.15, 0.2) is 0 Å². The Bertz CT molecular complexity index is 5240. The normalized spacial score (nSPS) is 15.5. The van der Waals surface area contributed by atoms with E-state index in [1.54, 1.807) is 0 Å². The zero-order chi connectivity index (χ0) is 55.4. The lowest BCUT2D eigenvalue weighted by Crippen LogP contribution is -2.33. The standard InChI is InChI=1S/C81H52N2O/c1-3-20-58(79-50(2)56-21-9-17-38-76(56)84-79)52-41-45-54(46-42-52)82(55-47-48-62-61-24-6-12-31-68(61)80(73(62)49-55)66-29-10-4-22-59(66)60-23-5-11-30-67(60)80)53-43-39-51(40-44-53)57-27-18-34-71-77(57)65-26-7-13-32-69(65)81(71)70-33-14-16-37-75(70)83-74-36-15-8-25-63(74)64-28-19-35-72(81)78(64)83/h3-49H,2H2,1H3/b20-3-,79-58-. The summed E-state index contributed by atoms with van der Waals surface area (Å²) in [6.07, 6.45) is 4.22. The topological polar surface area (TPSA) is 21.3 Å². The molecule has 0 fully saturated rings. The van der Waals surface area contributed by atoms with E-state index in [4.69, 9.17) is 4.42 Å². The van der Waals surface area contributed by atoms with Crippen LogP contribution in [-0.4, -0.2) is 4.57 Å². The quantitative estimate of drug-likeness (QED) is 0.165. The minimum atomic E-state index is -0.542. The molecule has 1 unspecified atom stereocenters. The first-order valence-electron chi connectivity index (χ1n) is 29.2. The average molecular weight is 1070 g/mol. The number of hydrogen-bond donors (Lipinski definition) is 0. The van der Waals surface area contributed by atoms with Gasteiger partial charge in [-0.2, -0.15) is 0 Å². The molecule has 3 nitrogen and oxygen atoms in total. The van der Waals surface area contributed by atoms with Crippen LogP contribution >= 0.6 is 0 Å². The summed E-state index contributed by atoms with van der Waals surface area (Å²) in [7, 11) is 0. The number of furan rings is 1. The maximum atomic E-state index is 6.57. The highest BCUT2D eigenvalue weighted by atomic mass is 16.3. The zero-order valence-corrected chi connectivity index (χ0v) is 46.1. The summed E-state index contributed by atoms with van der Waals surface area (Å²) in [6, 6.07) is 102. The van der Waals surface area contributed by atoms with E-state index < -0.39 is 10.8 Å². The van der Waals surface area contributed by atoms with E-state index >= 15 is 0 Å². The number of anilines is 3. The number of hydrogen-bond acceptors (Lipinski definition) is 2. The third kappa shape index (κ3) is 5.99. The van der Waals surface area contributed by atoms with Crippen LogP contribution in [0.5, 0.6) is 0 Å². The van der Waals surface area contributed by atoms with Crippen LogP contribution in [0.3, 0.4) is 0 Å². The highest BCUT2D eigenvalue weighted by molar-refractivity contribution is 6.13. The molecule has 3 heteroatoms. The fourth-order valence-corrected chi connectivity index (χ4v) is 15.9. The van der Waals surface area contributed by atoms with E-state index in [1.807, 2.05) is 18.2 Å². The molecule has 0 saturated carbocycles. The first-order chi connectivity index (χ1) is 41.6. The van der Waals surface area contributed by atoms with E-state index in [9.17, 15) is 0 Å². The summed E-state index contributed by atoms with van der Waals surface area (Å²) in [6.45, 7) is 6.58. The molecule has 3 heterocycles. The molecule has 14 aromatic rings. The van der Waals surface area contributed by atoms with Crippen molar-refractivity contribution in [3.05, 3.63) is 346 Å². The lowest BCUT2D eigenvalue weighted by Gasteiger charge is -2.39. The molecule has 0 bridgehead atoms. The molecule has 0 saturated heterocycles. The van der Waals surface area contributed by atoms with Crippen LogP contribution in [0, 0.1) is 0 Å². The monoisotopic (exact) mass is 1070 g/mol. The van der Waals surface area contributed by atoms with Crippen molar-refractivity contribution in [1.29, 1.82) is 0 Å². The largest absolute Gasteiger partial charge is 0.455 e. The Kier molecular flexibility index (Phi) is 9.72. The first-order valence-corrected chi connectivity index (χ1v) is 29.2. The van der Waals surface area contributed by atoms with Gasteiger partial charge in [0.25, 0.3) is 0 Å². The molecule has 3 aliphatic carbocycles. The predicted octanol–water partition coefficient (Wildman–Crippen LogP) is 18.9. The zero-order valence-electron chi connectivity index (χ0n) is 46.1.